The number of thioether (sulfide) groups is 1. The number of aromatic nitrogens is 3. The second kappa shape index (κ2) is 10.2. The fourth-order valence-corrected chi connectivity index (χ4v) is 3.56. The van der Waals surface area contributed by atoms with E-state index in [1.54, 1.807) is 24.3 Å². The molecule has 0 saturated heterocycles. The van der Waals surface area contributed by atoms with E-state index in [-0.39, 0.29) is 17.4 Å². The van der Waals surface area contributed by atoms with Gasteiger partial charge in [0.25, 0.3) is 5.91 Å². The molecule has 1 amide bonds. The van der Waals surface area contributed by atoms with Gasteiger partial charge in [-0.15, -0.1) is 10.2 Å². The van der Waals surface area contributed by atoms with Crippen molar-refractivity contribution in [3.63, 3.8) is 0 Å². The molecule has 0 spiro atoms. The summed E-state index contributed by atoms with van der Waals surface area (Å²) >= 11 is 4.71. The van der Waals surface area contributed by atoms with E-state index < -0.39 is 0 Å². The van der Waals surface area contributed by atoms with Crippen molar-refractivity contribution in [3.8, 4) is 17.1 Å². The molecule has 3 aromatic rings. The Morgan fingerprint density at radius 2 is 2.07 bits per heavy atom. The summed E-state index contributed by atoms with van der Waals surface area (Å²) in [5.41, 5.74) is 5.04. The summed E-state index contributed by atoms with van der Waals surface area (Å²) in [6.45, 7) is 6.47. The van der Waals surface area contributed by atoms with Crippen LogP contribution in [-0.2, 0) is 11.3 Å². The van der Waals surface area contributed by atoms with Crippen molar-refractivity contribution in [3.05, 3.63) is 70.7 Å². The third-order valence-electron chi connectivity index (χ3n) is 3.85. The summed E-state index contributed by atoms with van der Waals surface area (Å²) < 4.78 is 2.93. The van der Waals surface area contributed by atoms with Crippen LogP contribution in [0.3, 0.4) is 0 Å². The van der Waals surface area contributed by atoms with Gasteiger partial charge in [-0.2, -0.15) is 5.10 Å². The van der Waals surface area contributed by atoms with Gasteiger partial charge in [-0.1, -0.05) is 64.1 Å². The van der Waals surface area contributed by atoms with E-state index in [0.717, 1.165) is 21.4 Å². The standard InChI is InChI=1S/C21H20BrN5O2S/c1-14(2)12-27-20(16-6-8-17(22)9-7-16)25-26-21(27)30-13-19(29)24-23-11-15-4-3-5-18(28)10-15/h3-11,28H,1,12-13H2,2H3,(H,24,29)/b23-11+. The van der Waals surface area contributed by atoms with Crippen molar-refractivity contribution in [2.75, 3.05) is 5.75 Å². The molecule has 2 N–H and O–H groups in total. The van der Waals surface area contributed by atoms with Gasteiger partial charge in [0.2, 0.25) is 0 Å². The van der Waals surface area contributed by atoms with Crippen LogP contribution in [0.15, 0.2) is 75.4 Å². The number of amides is 1. The summed E-state index contributed by atoms with van der Waals surface area (Å²) in [7, 11) is 0. The first-order chi connectivity index (χ1) is 14.4. The number of hydrogen-bond donors (Lipinski definition) is 2. The lowest BCUT2D eigenvalue weighted by Gasteiger charge is -2.10. The Bertz CT molecular complexity index is 1080. The predicted octanol–water partition coefficient (Wildman–Crippen LogP) is 4.23. The lowest BCUT2D eigenvalue weighted by atomic mass is 10.2. The van der Waals surface area contributed by atoms with E-state index >= 15 is 0 Å². The van der Waals surface area contributed by atoms with Crippen LogP contribution in [0.5, 0.6) is 5.75 Å². The second-order valence-corrected chi connectivity index (χ2v) is 8.39. The van der Waals surface area contributed by atoms with Crippen molar-refractivity contribution >= 4 is 39.8 Å². The van der Waals surface area contributed by atoms with Crippen LogP contribution in [0.2, 0.25) is 0 Å². The number of carbonyl (C=O) groups is 1. The Labute approximate surface area is 187 Å². The number of halogens is 1. The maximum Gasteiger partial charge on any atom is 0.250 e. The average Bonchev–Trinajstić information content (AvgIpc) is 3.09. The zero-order valence-electron chi connectivity index (χ0n) is 16.2. The molecule has 154 valence electrons. The van der Waals surface area contributed by atoms with Crippen LogP contribution < -0.4 is 5.43 Å². The van der Waals surface area contributed by atoms with Gasteiger partial charge < -0.3 is 5.11 Å². The Kier molecular flexibility index (Phi) is 7.42. The molecule has 0 atom stereocenters. The van der Waals surface area contributed by atoms with E-state index in [9.17, 15) is 9.90 Å². The Morgan fingerprint density at radius 3 is 2.77 bits per heavy atom. The third kappa shape index (κ3) is 6.04. The first kappa shape index (κ1) is 21.8. The normalized spacial score (nSPS) is 11.0. The minimum Gasteiger partial charge on any atom is -0.508 e. The number of aromatic hydroxyl groups is 1. The highest BCUT2D eigenvalue weighted by Crippen LogP contribution is 2.26. The molecule has 2 aromatic carbocycles. The minimum absolute atomic E-state index is 0.131. The second-order valence-electron chi connectivity index (χ2n) is 6.53. The molecule has 9 heteroatoms. The summed E-state index contributed by atoms with van der Waals surface area (Å²) in [6.07, 6.45) is 1.47. The Balaban J connectivity index is 1.66. The first-order valence-electron chi connectivity index (χ1n) is 8.99. The largest absolute Gasteiger partial charge is 0.508 e. The fourth-order valence-electron chi connectivity index (χ4n) is 2.57. The van der Waals surface area contributed by atoms with Gasteiger partial charge in [-0.05, 0) is 36.8 Å². The SMILES string of the molecule is C=C(C)Cn1c(SCC(=O)N/N=C/c2cccc(O)c2)nnc1-c1ccc(Br)cc1. The van der Waals surface area contributed by atoms with E-state index in [1.807, 2.05) is 35.8 Å². The number of nitrogens with one attached hydrogen (secondary N) is 1. The smallest absolute Gasteiger partial charge is 0.250 e. The van der Waals surface area contributed by atoms with Crippen molar-refractivity contribution in [2.24, 2.45) is 5.10 Å². The van der Waals surface area contributed by atoms with Crippen molar-refractivity contribution < 1.29 is 9.90 Å². The number of hydrazone groups is 1. The molecule has 3 rings (SSSR count). The molecule has 30 heavy (non-hydrogen) atoms. The number of allylic oxidation sites excluding steroid dienone is 1. The number of phenols is 1. The molecule has 0 aliphatic carbocycles. The van der Waals surface area contributed by atoms with E-state index in [4.69, 9.17) is 0 Å². The van der Waals surface area contributed by atoms with E-state index in [0.29, 0.717) is 17.3 Å². The number of carbonyl (C=O) groups excluding carboxylic acids is 1. The monoisotopic (exact) mass is 485 g/mol. The summed E-state index contributed by atoms with van der Waals surface area (Å²) in [5, 5.41) is 22.5. The molecule has 0 fully saturated rings. The Hall–Kier alpha value is -2.91. The number of nitrogens with zero attached hydrogens (tertiary/aromatic N) is 4. The number of rotatable bonds is 8. The first-order valence-corrected chi connectivity index (χ1v) is 10.8. The summed E-state index contributed by atoms with van der Waals surface area (Å²) in [6, 6.07) is 14.4. The number of benzene rings is 2. The highest BCUT2D eigenvalue weighted by molar-refractivity contribution is 9.10. The molecule has 0 saturated carbocycles. The maximum absolute atomic E-state index is 12.1. The van der Waals surface area contributed by atoms with Gasteiger partial charge in [0.15, 0.2) is 11.0 Å². The van der Waals surface area contributed by atoms with Crippen molar-refractivity contribution in [1.29, 1.82) is 0 Å². The van der Waals surface area contributed by atoms with Gasteiger partial charge >= 0.3 is 0 Å². The fraction of sp³-hybridized carbons (Fsp3) is 0.143. The quantitative estimate of drug-likeness (QED) is 0.215. The molecule has 1 heterocycles. The molecule has 0 aliphatic heterocycles. The topological polar surface area (TPSA) is 92.4 Å². The van der Waals surface area contributed by atoms with E-state index in [2.05, 4.69) is 43.2 Å². The summed E-state index contributed by atoms with van der Waals surface area (Å²) in [4.78, 5) is 12.1. The van der Waals surface area contributed by atoms with Gasteiger partial charge in [0.05, 0.1) is 12.0 Å². The van der Waals surface area contributed by atoms with Gasteiger partial charge in [-0.3, -0.25) is 9.36 Å². The predicted molar refractivity (Wildman–Crippen MR) is 123 cm³/mol. The molecule has 0 radical (unpaired) electrons. The zero-order valence-corrected chi connectivity index (χ0v) is 18.7. The lowest BCUT2D eigenvalue weighted by molar-refractivity contribution is -0.118. The maximum atomic E-state index is 12.1. The van der Waals surface area contributed by atoms with Crippen molar-refractivity contribution in [1.82, 2.24) is 20.2 Å². The van der Waals surface area contributed by atoms with Crippen LogP contribution in [0, 0.1) is 0 Å². The molecular formula is C21H20BrN5O2S. The molecule has 0 unspecified atom stereocenters. The molecule has 7 nitrogen and oxygen atoms in total. The number of hydrogen-bond acceptors (Lipinski definition) is 6. The van der Waals surface area contributed by atoms with Crippen LogP contribution in [-0.4, -0.2) is 37.7 Å². The summed E-state index contributed by atoms with van der Waals surface area (Å²) in [5.74, 6) is 0.715. The van der Waals surface area contributed by atoms with Crippen LogP contribution in [0.25, 0.3) is 11.4 Å². The molecular weight excluding hydrogens is 466 g/mol. The van der Waals surface area contributed by atoms with Crippen LogP contribution in [0.1, 0.15) is 12.5 Å². The molecule has 0 aliphatic rings. The van der Waals surface area contributed by atoms with E-state index in [1.165, 1.54) is 18.0 Å². The van der Waals surface area contributed by atoms with Crippen LogP contribution in [0.4, 0.5) is 0 Å². The zero-order chi connectivity index (χ0) is 21.5. The third-order valence-corrected chi connectivity index (χ3v) is 5.35. The Morgan fingerprint density at radius 1 is 1.30 bits per heavy atom. The number of phenolic OH excluding ortho intramolecular Hbond substituents is 1. The molecule has 0 bridgehead atoms. The van der Waals surface area contributed by atoms with Crippen molar-refractivity contribution in [2.45, 2.75) is 18.6 Å². The molecule has 1 aromatic heterocycles. The highest BCUT2D eigenvalue weighted by atomic mass is 79.9. The highest BCUT2D eigenvalue weighted by Gasteiger charge is 2.15. The lowest BCUT2D eigenvalue weighted by Crippen LogP contribution is -2.20. The minimum atomic E-state index is -0.272. The van der Waals surface area contributed by atoms with Gasteiger partial charge in [0.1, 0.15) is 5.75 Å². The van der Waals surface area contributed by atoms with Crippen LogP contribution >= 0.6 is 27.7 Å². The van der Waals surface area contributed by atoms with Gasteiger partial charge in [-0.25, -0.2) is 5.43 Å². The average molecular weight is 486 g/mol. The van der Waals surface area contributed by atoms with Gasteiger partial charge in [0, 0.05) is 16.6 Å².